The number of hydrogen-bond acceptors (Lipinski definition) is 5. The second-order valence-corrected chi connectivity index (χ2v) is 14.8. The van der Waals surface area contributed by atoms with Crippen molar-refractivity contribution in [3.05, 3.63) is 247 Å². The Morgan fingerprint density at radius 1 is 0.529 bits per heavy atom. The van der Waals surface area contributed by atoms with Gasteiger partial charge < -0.3 is 20.1 Å². The van der Waals surface area contributed by atoms with Crippen LogP contribution >= 0.6 is 0 Å². The number of hydrogen-bond donors (Lipinski definition) is 1. The number of benzene rings is 6. The molecule has 3 radical (unpaired) electrons. The summed E-state index contributed by atoms with van der Waals surface area (Å²) in [4.78, 5) is 23.4. The third-order valence-electron chi connectivity index (χ3n) is 9.43. The van der Waals surface area contributed by atoms with Crippen molar-refractivity contribution in [3.8, 4) is 67.2 Å². The molecule has 9 aromatic rings. The van der Waals surface area contributed by atoms with Gasteiger partial charge in [-0.1, -0.05) is 129 Å². The minimum atomic E-state index is -0.395. The van der Waals surface area contributed by atoms with E-state index in [-0.39, 0.29) is 131 Å². The van der Waals surface area contributed by atoms with Crippen molar-refractivity contribution in [1.82, 2.24) is 15.0 Å². The molecule has 349 valence electrons. The molecule has 0 bridgehead atoms. The molecule has 0 fully saturated rings. The van der Waals surface area contributed by atoms with E-state index in [1.165, 1.54) is 42.8 Å². The van der Waals surface area contributed by atoms with Crippen LogP contribution in [0.25, 0.3) is 67.2 Å². The third-order valence-corrected chi connectivity index (χ3v) is 9.43. The maximum absolute atomic E-state index is 10.0. The van der Waals surface area contributed by atoms with Gasteiger partial charge >= 0.3 is 0 Å². The van der Waals surface area contributed by atoms with Crippen LogP contribution in [0.1, 0.15) is 49.8 Å². The minimum Gasteiger partial charge on any atom is -0.512 e. The van der Waals surface area contributed by atoms with E-state index in [0.717, 1.165) is 50.5 Å². The Morgan fingerprint density at radius 2 is 1.03 bits per heavy atom. The van der Waals surface area contributed by atoms with E-state index in [1.807, 2.05) is 106 Å². The van der Waals surface area contributed by atoms with Crippen molar-refractivity contribution >= 4 is 5.78 Å². The summed E-state index contributed by atoms with van der Waals surface area (Å²) in [7, 11) is 0. The SMILES string of the molecule is CC(=O)C=C(C)O.Cc1cc(-c2[c-]cccc2)ncc1-c1ccccc1.[2H]c1c([2H])c([2H])c(-c2ccc(-c3[c-]c(C)cc(C)c3)nc2)c([2H])c1[2H].[2H]c1c([2H])c([2H])c(-c2cnc(-c3[c-]cccc3)cc2C)c([2H])c1[2H].[Ir].[Ir].[Ir]. The number of aromatic nitrogens is 3. The number of pyridine rings is 3. The maximum atomic E-state index is 10.0. The number of rotatable bonds is 7. The molecule has 0 aliphatic heterocycles. The third kappa shape index (κ3) is 17.2. The quantitative estimate of drug-likeness (QED) is 0.0978. The van der Waals surface area contributed by atoms with E-state index in [2.05, 4.69) is 58.3 Å². The van der Waals surface area contributed by atoms with Crippen LogP contribution in [-0.4, -0.2) is 25.8 Å². The number of carbonyl (C=O) groups is 1. The van der Waals surface area contributed by atoms with Gasteiger partial charge in [-0.05, 0) is 78.2 Å². The first-order chi connectivity index (χ1) is 35.7. The zero-order chi connectivity index (χ0) is 54.7. The first-order valence-electron chi connectivity index (χ1n) is 25.6. The fourth-order valence-electron chi connectivity index (χ4n) is 6.50. The fourth-order valence-corrected chi connectivity index (χ4v) is 6.50. The normalized spacial score (nSPS) is 12.1. The van der Waals surface area contributed by atoms with Crippen LogP contribution in [0.3, 0.4) is 0 Å². The molecular formula is C60H52Ir3N3O2-3. The number of carbonyl (C=O) groups excluding carboxylic acids is 1. The second kappa shape index (κ2) is 29.0. The van der Waals surface area contributed by atoms with Gasteiger partial charge in [-0.3, -0.25) is 4.79 Å². The number of aryl methyl sites for hydroxylation is 4. The van der Waals surface area contributed by atoms with Crippen LogP contribution in [0.4, 0.5) is 0 Å². The number of allylic oxidation sites excluding steroid dienone is 2. The Labute approximate surface area is 457 Å². The van der Waals surface area contributed by atoms with Gasteiger partial charge in [0, 0.05) is 96.1 Å². The standard InChI is InChI=1S/C19H16N.2C18H14N.C5H8O2.3Ir/c1-14-10-15(2)12-18(11-14)19-9-8-17(13-20-19)16-6-4-3-5-7-16;2*1-14-12-18(16-10-6-3-7-11-16)19-13-17(14)15-8-4-2-5-9-15;1-4(6)3-5(2)7;;;/h3-11,13H,1-2H3;2*2-10,12-13H,1H3;3,6H,1-2H3;;;/q3*-1;;;;/i3D,4D,5D,6D,7D;2D,4D,5D,8D,9D;;;;;. The molecule has 6 aromatic carbocycles. The Morgan fingerprint density at radius 3 is 1.46 bits per heavy atom. The molecule has 0 atom stereocenters. The molecule has 9 rings (SSSR count). The van der Waals surface area contributed by atoms with E-state index >= 15 is 0 Å². The minimum absolute atomic E-state index is 0. The van der Waals surface area contributed by atoms with Crippen LogP contribution in [0.15, 0.2) is 206 Å². The summed E-state index contributed by atoms with van der Waals surface area (Å²) in [5, 5.41) is 8.36. The maximum Gasteiger partial charge on any atom is 0.155 e. The van der Waals surface area contributed by atoms with Gasteiger partial charge in [0.25, 0.3) is 0 Å². The predicted molar refractivity (Wildman–Crippen MR) is 268 cm³/mol. The smallest absolute Gasteiger partial charge is 0.155 e. The van der Waals surface area contributed by atoms with Gasteiger partial charge in [-0.25, -0.2) is 0 Å². The summed E-state index contributed by atoms with van der Waals surface area (Å²) in [5.41, 5.74) is 13.1. The molecule has 0 amide bonds. The molecule has 5 nitrogen and oxygen atoms in total. The Bertz CT molecular complexity index is 3460. The van der Waals surface area contributed by atoms with Gasteiger partial charge in [0.05, 0.1) is 19.5 Å². The molecule has 3 heterocycles. The summed E-state index contributed by atoms with van der Waals surface area (Å²) >= 11 is 0. The topological polar surface area (TPSA) is 76.0 Å². The van der Waals surface area contributed by atoms with Gasteiger partial charge in [0.1, 0.15) is 0 Å². The summed E-state index contributed by atoms with van der Waals surface area (Å²) in [6.07, 6.45) is 6.20. The Hall–Kier alpha value is -6.07. The van der Waals surface area contributed by atoms with Crippen molar-refractivity contribution in [2.75, 3.05) is 0 Å². The van der Waals surface area contributed by atoms with Crippen molar-refractivity contribution in [3.63, 3.8) is 0 Å². The molecule has 0 spiro atoms. The molecule has 0 saturated heterocycles. The molecular weight excluding hydrogens is 1370 g/mol. The summed E-state index contributed by atoms with van der Waals surface area (Å²) in [5.74, 6) is -0.0625. The van der Waals surface area contributed by atoms with Gasteiger partial charge in [-0.2, -0.15) is 0 Å². The van der Waals surface area contributed by atoms with E-state index in [4.69, 9.17) is 18.8 Å². The largest absolute Gasteiger partial charge is 0.512 e. The first kappa shape index (κ1) is 42.1. The van der Waals surface area contributed by atoms with Crippen molar-refractivity contribution in [2.24, 2.45) is 0 Å². The average molecular weight is 1430 g/mol. The molecule has 1 N–H and O–H groups in total. The summed E-state index contributed by atoms with van der Waals surface area (Å²) in [6.45, 7) is 10.8. The van der Waals surface area contributed by atoms with Crippen LogP contribution in [-0.2, 0) is 65.1 Å². The second-order valence-electron chi connectivity index (χ2n) is 14.8. The molecule has 0 aliphatic carbocycles. The van der Waals surface area contributed by atoms with Crippen molar-refractivity contribution in [1.29, 1.82) is 0 Å². The molecule has 3 aromatic heterocycles. The molecule has 0 saturated carbocycles. The van der Waals surface area contributed by atoms with E-state index in [9.17, 15) is 4.79 Å². The number of aliphatic hydroxyl groups is 1. The van der Waals surface area contributed by atoms with E-state index in [0.29, 0.717) is 11.1 Å². The van der Waals surface area contributed by atoms with Gasteiger partial charge in [0.15, 0.2) is 5.78 Å². The monoisotopic (exact) mass is 1440 g/mol. The Balaban J connectivity index is 0.000000286. The zero-order valence-corrected chi connectivity index (χ0v) is 45.2. The number of ketones is 1. The summed E-state index contributed by atoms with van der Waals surface area (Å²) < 4.78 is 78.7. The Kier molecular flexibility index (Phi) is 17.9. The van der Waals surface area contributed by atoms with Gasteiger partial charge in [-0.15, -0.1) is 107 Å². The summed E-state index contributed by atoms with van der Waals surface area (Å²) in [6, 6.07) is 43.7. The van der Waals surface area contributed by atoms with Crippen LogP contribution in [0, 0.1) is 45.9 Å². The van der Waals surface area contributed by atoms with Crippen molar-refractivity contribution in [2.45, 2.75) is 41.5 Å². The fraction of sp³-hybridized carbons (Fsp3) is 0.100. The zero-order valence-electron chi connectivity index (χ0n) is 48.0. The van der Waals surface area contributed by atoms with Gasteiger partial charge in [0.2, 0.25) is 0 Å². The van der Waals surface area contributed by atoms with Crippen LogP contribution in [0.2, 0.25) is 0 Å². The number of nitrogens with zero attached hydrogens (tertiary/aromatic N) is 3. The van der Waals surface area contributed by atoms with E-state index < -0.39 is 12.1 Å². The predicted octanol–water partition coefficient (Wildman–Crippen LogP) is 14.9. The molecule has 0 unspecified atom stereocenters. The first-order valence-corrected chi connectivity index (χ1v) is 20.6. The molecule has 68 heavy (non-hydrogen) atoms. The average Bonchev–Trinajstić information content (AvgIpc) is 3.40. The van der Waals surface area contributed by atoms with Crippen LogP contribution in [0.5, 0.6) is 0 Å². The number of aliphatic hydroxyl groups excluding tert-OH is 1. The molecule has 8 heteroatoms. The van der Waals surface area contributed by atoms with Crippen molar-refractivity contribution < 1.29 is 83.9 Å². The molecule has 0 aliphatic rings. The van der Waals surface area contributed by atoms with E-state index in [1.54, 1.807) is 24.4 Å². The van der Waals surface area contributed by atoms with Crippen LogP contribution < -0.4 is 0 Å².